The summed E-state index contributed by atoms with van der Waals surface area (Å²) < 4.78 is 0. The van der Waals surface area contributed by atoms with Gasteiger partial charge in [-0.1, -0.05) is 184 Å². The second-order valence-corrected chi connectivity index (χ2v) is 26.8. The van der Waals surface area contributed by atoms with Gasteiger partial charge in [0.1, 0.15) is 0 Å². The Morgan fingerprint density at radius 1 is 0.397 bits per heavy atom. The molecule has 352 valence electrons. The number of anilines is 8. The van der Waals surface area contributed by atoms with Crippen LogP contribution in [-0.2, 0) is 32.5 Å². The molecule has 0 saturated heterocycles. The van der Waals surface area contributed by atoms with Crippen LogP contribution in [0.5, 0.6) is 0 Å². The Balaban J connectivity index is 1.37. The van der Waals surface area contributed by atoms with Gasteiger partial charge in [-0.3, -0.25) is 0 Å². The van der Waals surface area contributed by atoms with E-state index in [4.69, 9.17) is 0 Å². The fourth-order valence-corrected chi connectivity index (χ4v) is 12.4. The van der Waals surface area contributed by atoms with E-state index in [0.717, 1.165) is 6.42 Å². The highest BCUT2D eigenvalue weighted by molar-refractivity contribution is 7.00. The lowest BCUT2D eigenvalue weighted by atomic mass is 9.33. The van der Waals surface area contributed by atoms with Crippen LogP contribution in [0.25, 0.3) is 0 Å². The summed E-state index contributed by atoms with van der Waals surface area (Å²) in [5, 5.41) is 0. The SMILES string of the molecule is CC(C)(C)c1cccc(N2c3cc(C(C)(C)C)ccc3B3c4ccc(C(C)(C)C)cc4N(c4cccc(C(C)(C)C)c4)c4cc(N5c6ccc(C(C)(C)C)cc6C6(C)CCCCC56C)cc2c43)c1. The van der Waals surface area contributed by atoms with Gasteiger partial charge in [-0.25, -0.2) is 0 Å². The number of nitrogens with zero attached hydrogens (tertiary/aromatic N) is 3. The molecule has 0 bridgehead atoms. The molecule has 6 aromatic rings. The van der Waals surface area contributed by atoms with E-state index in [-0.39, 0.29) is 44.7 Å². The van der Waals surface area contributed by atoms with Gasteiger partial charge in [0.15, 0.2) is 0 Å². The van der Waals surface area contributed by atoms with Crippen LogP contribution in [-0.4, -0.2) is 12.3 Å². The Morgan fingerprint density at radius 2 is 0.809 bits per heavy atom. The first-order valence-corrected chi connectivity index (χ1v) is 25.8. The normalized spacial score (nSPS) is 20.2. The largest absolute Gasteiger partial charge is 0.334 e. The van der Waals surface area contributed by atoms with Crippen LogP contribution in [0.3, 0.4) is 0 Å². The lowest BCUT2D eigenvalue weighted by Crippen LogP contribution is -2.61. The van der Waals surface area contributed by atoms with E-state index in [2.05, 4.69) is 248 Å². The number of benzene rings is 6. The monoisotopic (exact) mass is 900 g/mol. The molecule has 0 aromatic heterocycles. The average molecular weight is 900 g/mol. The van der Waals surface area contributed by atoms with E-state index in [1.807, 2.05) is 0 Å². The Kier molecular flexibility index (Phi) is 10.4. The van der Waals surface area contributed by atoms with Gasteiger partial charge in [-0.2, -0.15) is 0 Å². The van der Waals surface area contributed by atoms with E-state index in [1.54, 1.807) is 0 Å². The molecule has 4 aliphatic rings. The fourth-order valence-electron chi connectivity index (χ4n) is 12.4. The van der Waals surface area contributed by atoms with Crippen LogP contribution >= 0.6 is 0 Å². The molecule has 3 nitrogen and oxygen atoms in total. The zero-order valence-corrected chi connectivity index (χ0v) is 44.7. The molecular formula is C64H78BN3. The molecule has 3 aliphatic heterocycles. The predicted octanol–water partition coefficient (Wildman–Crippen LogP) is 16.0. The van der Waals surface area contributed by atoms with Gasteiger partial charge in [0, 0.05) is 50.9 Å². The second kappa shape index (κ2) is 15.1. The Bertz CT molecular complexity index is 2850. The summed E-state index contributed by atoms with van der Waals surface area (Å²) >= 11 is 0. The van der Waals surface area contributed by atoms with Crippen LogP contribution in [0.2, 0.25) is 0 Å². The average Bonchev–Trinajstić information content (AvgIpc) is 3.46. The molecule has 1 aliphatic carbocycles. The third-order valence-electron chi connectivity index (χ3n) is 17.0. The molecule has 2 atom stereocenters. The molecule has 0 amide bonds. The van der Waals surface area contributed by atoms with Gasteiger partial charge in [0.25, 0.3) is 6.71 Å². The Labute approximate surface area is 411 Å². The highest BCUT2D eigenvalue weighted by Crippen LogP contribution is 2.62. The van der Waals surface area contributed by atoms with Gasteiger partial charge in [-0.15, -0.1) is 0 Å². The highest BCUT2D eigenvalue weighted by Gasteiger charge is 2.58. The van der Waals surface area contributed by atoms with Crippen LogP contribution in [0.4, 0.5) is 45.5 Å². The van der Waals surface area contributed by atoms with Crippen molar-refractivity contribution in [2.24, 2.45) is 0 Å². The predicted molar refractivity (Wildman–Crippen MR) is 297 cm³/mol. The van der Waals surface area contributed by atoms with Crippen molar-refractivity contribution in [3.63, 3.8) is 0 Å². The smallest absolute Gasteiger partial charge is 0.252 e. The summed E-state index contributed by atoms with van der Waals surface area (Å²) in [5.41, 5.74) is 22.4. The molecule has 1 saturated carbocycles. The van der Waals surface area contributed by atoms with E-state index in [9.17, 15) is 0 Å². The van der Waals surface area contributed by atoms with Gasteiger partial charge in [0.2, 0.25) is 0 Å². The molecule has 6 aromatic carbocycles. The zero-order chi connectivity index (χ0) is 48.9. The van der Waals surface area contributed by atoms with Gasteiger partial charge in [0.05, 0.1) is 5.54 Å². The molecule has 0 N–H and O–H groups in total. The molecule has 2 unspecified atom stereocenters. The maximum Gasteiger partial charge on any atom is 0.252 e. The maximum atomic E-state index is 2.83. The standard InChI is InChI=1S/C64H78BN3/c1-58(2,3)41-22-20-24-46(34-41)66-53-37-44(61(10,11)12)26-29-50(53)65-51-30-27-45(62(13,14)15)38-54(51)67(47-25-21-23-42(35-47)59(4,5)6)56-40-48(39-55(66)57(56)65)68-52-31-28-43(60(7,8)9)36-49(52)63(16)32-18-19-33-64(63,68)17/h20-31,34-40H,18-19,32-33H2,1-17H3. The van der Waals surface area contributed by atoms with Crippen molar-refractivity contribution in [2.45, 2.75) is 181 Å². The molecule has 0 spiro atoms. The summed E-state index contributed by atoms with van der Waals surface area (Å²) in [4.78, 5) is 8.16. The minimum Gasteiger partial charge on any atom is -0.334 e. The quantitative estimate of drug-likeness (QED) is 0.164. The summed E-state index contributed by atoms with van der Waals surface area (Å²) in [6, 6.07) is 46.5. The molecular weight excluding hydrogens is 822 g/mol. The number of hydrogen-bond acceptors (Lipinski definition) is 3. The third kappa shape index (κ3) is 7.19. The van der Waals surface area contributed by atoms with Gasteiger partial charge >= 0.3 is 0 Å². The van der Waals surface area contributed by atoms with Crippen molar-refractivity contribution in [3.05, 3.63) is 149 Å². The minimum absolute atomic E-state index is 0.0125. The Morgan fingerprint density at radius 3 is 1.26 bits per heavy atom. The number of rotatable bonds is 3. The number of fused-ring (bicyclic) bond motifs is 7. The van der Waals surface area contributed by atoms with Crippen molar-refractivity contribution >= 4 is 68.6 Å². The van der Waals surface area contributed by atoms with Gasteiger partial charge in [-0.05, 0) is 151 Å². The van der Waals surface area contributed by atoms with Crippen molar-refractivity contribution in [1.29, 1.82) is 0 Å². The van der Waals surface area contributed by atoms with Gasteiger partial charge < -0.3 is 14.7 Å². The number of hydrogen-bond donors (Lipinski definition) is 0. The maximum absolute atomic E-state index is 2.83. The first-order chi connectivity index (χ1) is 31.6. The highest BCUT2D eigenvalue weighted by atomic mass is 15.3. The van der Waals surface area contributed by atoms with Crippen LogP contribution in [0.15, 0.2) is 115 Å². The Hall–Kier alpha value is -5.22. The van der Waals surface area contributed by atoms with Crippen LogP contribution in [0.1, 0.15) is 177 Å². The molecule has 10 rings (SSSR count). The van der Waals surface area contributed by atoms with E-state index < -0.39 is 0 Å². The van der Waals surface area contributed by atoms with E-state index in [1.165, 1.54) is 115 Å². The second-order valence-electron chi connectivity index (χ2n) is 26.8. The van der Waals surface area contributed by atoms with E-state index >= 15 is 0 Å². The van der Waals surface area contributed by atoms with Crippen LogP contribution in [0, 0.1) is 0 Å². The summed E-state index contributed by atoms with van der Waals surface area (Å²) in [6.07, 6.45) is 4.81. The zero-order valence-electron chi connectivity index (χ0n) is 44.7. The topological polar surface area (TPSA) is 9.72 Å². The van der Waals surface area contributed by atoms with Crippen molar-refractivity contribution in [1.82, 2.24) is 0 Å². The molecule has 4 heteroatoms. The van der Waals surface area contributed by atoms with Crippen molar-refractivity contribution in [2.75, 3.05) is 14.7 Å². The molecule has 1 fully saturated rings. The lowest BCUT2D eigenvalue weighted by molar-refractivity contribution is 0.195. The molecule has 0 radical (unpaired) electrons. The molecule has 3 heterocycles. The first kappa shape index (κ1) is 46.5. The van der Waals surface area contributed by atoms with Crippen molar-refractivity contribution < 1.29 is 0 Å². The van der Waals surface area contributed by atoms with Crippen molar-refractivity contribution in [3.8, 4) is 0 Å². The summed E-state index contributed by atoms with van der Waals surface area (Å²) in [7, 11) is 0. The minimum atomic E-state index is -0.129. The van der Waals surface area contributed by atoms with E-state index in [0.29, 0.717) is 0 Å². The lowest BCUT2D eigenvalue weighted by Gasteiger charge is -2.51. The summed E-state index contributed by atoms with van der Waals surface area (Å²) in [5.74, 6) is 0. The third-order valence-corrected chi connectivity index (χ3v) is 17.0. The molecule has 68 heavy (non-hydrogen) atoms. The first-order valence-electron chi connectivity index (χ1n) is 25.8. The van der Waals surface area contributed by atoms with Crippen LogP contribution < -0.4 is 31.1 Å². The summed E-state index contributed by atoms with van der Waals surface area (Å²) in [6.45, 7) is 40.5. The fraction of sp³-hybridized carbons (Fsp3) is 0.438.